The van der Waals surface area contributed by atoms with Crippen molar-refractivity contribution in [2.45, 2.75) is 26.7 Å². The van der Waals surface area contributed by atoms with Crippen LogP contribution in [-0.2, 0) is 4.79 Å². The van der Waals surface area contributed by atoms with Gasteiger partial charge in [0.05, 0.1) is 5.70 Å². The van der Waals surface area contributed by atoms with Crippen molar-refractivity contribution in [3.8, 4) is 0 Å². The largest absolute Gasteiger partial charge is 0.317 e. The van der Waals surface area contributed by atoms with Crippen LogP contribution in [0.2, 0.25) is 0 Å². The van der Waals surface area contributed by atoms with Crippen molar-refractivity contribution >= 4 is 22.7 Å². The first kappa shape index (κ1) is 9.77. The number of ketones is 1. The predicted octanol–water partition coefficient (Wildman–Crippen LogP) is 2.01. The lowest BCUT2D eigenvalue weighted by atomic mass is 10.2. The van der Waals surface area contributed by atoms with Crippen molar-refractivity contribution < 1.29 is 4.79 Å². The lowest BCUT2D eigenvalue weighted by molar-refractivity contribution is -0.114. The van der Waals surface area contributed by atoms with Gasteiger partial charge in [0.2, 0.25) is 0 Å². The highest BCUT2D eigenvalue weighted by Crippen LogP contribution is 2.35. The van der Waals surface area contributed by atoms with Gasteiger partial charge < -0.3 is 4.90 Å². The molecule has 0 saturated carbocycles. The molecule has 0 aliphatic carbocycles. The Labute approximate surface area is 88.3 Å². The van der Waals surface area contributed by atoms with Gasteiger partial charge in [-0.25, -0.2) is 0 Å². The van der Waals surface area contributed by atoms with E-state index in [4.69, 9.17) is 0 Å². The fourth-order valence-corrected chi connectivity index (χ4v) is 2.92. The van der Waals surface area contributed by atoms with E-state index in [9.17, 15) is 4.79 Å². The number of fused-ring (bicyclic) bond motifs is 1. The highest BCUT2D eigenvalue weighted by molar-refractivity contribution is 8.17. The van der Waals surface area contributed by atoms with Crippen molar-refractivity contribution in [2.75, 3.05) is 13.1 Å². The molecule has 0 aromatic rings. The number of carbonyl (C=O) groups excluding carboxylic acids is 1. The van der Waals surface area contributed by atoms with E-state index in [2.05, 4.69) is 9.89 Å². The summed E-state index contributed by atoms with van der Waals surface area (Å²) < 4.78 is 0. The third-order valence-corrected chi connectivity index (χ3v) is 3.48. The Morgan fingerprint density at radius 1 is 1.50 bits per heavy atom. The van der Waals surface area contributed by atoms with Crippen LogP contribution >= 0.6 is 11.8 Å². The lowest BCUT2D eigenvalue weighted by Crippen LogP contribution is -2.27. The second-order valence-corrected chi connectivity index (χ2v) is 4.77. The monoisotopic (exact) mass is 210 g/mol. The zero-order valence-corrected chi connectivity index (χ0v) is 9.36. The second kappa shape index (κ2) is 3.77. The summed E-state index contributed by atoms with van der Waals surface area (Å²) in [5, 5.41) is 1.02. The Morgan fingerprint density at radius 2 is 2.29 bits per heavy atom. The second-order valence-electron chi connectivity index (χ2n) is 3.59. The number of hydrogen-bond acceptors (Lipinski definition) is 4. The van der Waals surface area contributed by atoms with Gasteiger partial charge in [0.25, 0.3) is 0 Å². The Balaban J connectivity index is 2.32. The molecule has 2 aliphatic rings. The molecule has 0 fully saturated rings. The molecule has 14 heavy (non-hydrogen) atoms. The van der Waals surface area contributed by atoms with Crippen molar-refractivity contribution in [1.82, 2.24) is 4.90 Å². The summed E-state index contributed by atoms with van der Waals surface area (Å²) in [4.78, 5) is 19.1. The average molecular weight is 210 g/mol. The molecule has 0 amide bonds. The van der Waals surface area contributed by atoms with E-state index in [1.165, 1.54) is 0 Å². The summed E-state index contributed by atoms with van der Waals surface area (Å²) in [5.74, 6) is 0.155. The van der Waals surface area contributed by atoms with Gasteiger partial charge in [0, 0.05) is 24.9 Å². The van der Waals surface area contributed by atoms with Crippen LogP contribution in [0.1, 0.15) is 26.7 Å². The number of nitrogens with zero attached hydrogens (tertiary/aromatic N) is 2. The number of aliphatic imine (C=N–C) groups is 1. The van der Waals surface area contributed by atoms with Crippen LogP contribution < -0.4 is 0 Å². The zero-order chi connectivity index (χ0) is 10.1. The van der Waals surface area contributed by atoms with E-state index in [1.807, 2.05) is 6.92 Å². The Hall–Kier alpha value is -0.770. The van der Waals surface area contributed by atoms with Gasteiger partial charge in [-0.05, 0) is 19.8 Å². The van der Waals surface area contributed by atoms with E-state index in [0.717, 1.165) is 41.7 Å². The third kappa shape index (κ3) is 1.59. The maximum absolute atomic E-state index is 11.5. The lowest BCUT2D eigenvalue weighted by Gasteiger charge is -2.18. The number of allylic oxidation sites excluding steroid dienone is 2. The van der Waals surface area contributed by atoms with E-state index in [0.29, 0.717) is 0 Å². The molecule has 0 spiro atoms. The molecule has 0 N–H and O–H groups in total. The van der Waals surface area contributed by atoms with Gasteiger partial charge in [-0.1, -0.05) is 11.8 Å². The Morgan fingerprint density at radius 3 is 3.00 bits per heavy atom. The van der Waals surface area contributed by atoms with Crippen LogP contribution in [0.5, 0.6) is 0 Å². The van der Waals surface area contributed by atoms with Gasteiger partial charge >= 0.3 is 0 Å². The van der Waals surface area contributed by atoms with E-state index >= 15 is 0 Å². The van der Waals surface area contributed by atoms with Crippen LogP contribution in [0.4, 0.5) is 0 Å². The topological polar surface area (TPSA) is 32.7 Å². The SMILES string of the molecule is CC(=O)C1=C(C)SC2=NCCCCN21. The number of hydrogen-bond donors (Lipinski definition) is 0. The molecule has 2 heterocycles. The maximum Gasteiger partial charge on any atom is 0.177 e. The summed E-state index contributed by atoms with van der Waals surface area (Å²) in [7, 11) is 0. The molecule has 2 aliphatic heterocycles. The Bertz CT molecular complexity index is 333. The van der Waals surface area contributed by atoms with Crippen LogP contribution in [0.15, 0.2) is 15.6 Å². The fourth-order valence-electron chi connectivity index (χ4n) is 1.85. The van der Waals surface area contributed by atoms with Crippen molar-refractivity contribution in [1.29, 1.82) is 0 Å². The quantitative estimate of drug-likeness (QED) is 0.663. The standard InChI is InChI=1S/C10H14N2OS/c1-7(13)9-8(2)14-10-11-5-3-4-6-12(9)10/h3-6H2,1-2H3. The molecule has 0 atom stereocenters. The summed E-state index contributed by atoms with van der Waals surface area (Å²) >= 11 is 1.63. The fraction of sp³-hybridized carbons (Fsp3) is 0.600. The summed E-state index contributed by atoms with van der Waals surface area (Å²) in [6.07, 6.45) is 2.25. The van der Waals surface area contributed by atoms with Crippen LogP contribution in [0, 0.1) is 0 Å². The van der Waals surface area contributed by atoms with Crippen LogP contribution in [-0.4, -0.2) is 28.9 Å². The normalized spacial score (nSPS) is 21.9. The van der Waals surface area contributed by atoms with Crippen LogP contribution in [0.3, 0.4) is 0 Å². The van der Waals surface area contributed by atoms with Gasteiger partial charge in [-0.15, -0.1) is 0 Å². The minimum absolute atomic E-state index is 0.155. The smallest absolute Gasteiger partial charge is 0.177 e. The van der Waals surface area contributed by atoms with Crippen molar-refractivity contribution in [3.63, 3.8) is 0 Å². The van der Waals surface area contributed by atoms with Crippen molar-refractivity contribution in [3.05, 3.63) is 10.6 Å². The van der Waals surface area contributed by atoms with E-state index < -0.39 is 0 Å². The first-order valence-electron chi connectivity index (χ1n) is 4.92. The third-order valence-electron chi connectivity index (χ3n) is 2.45. The maximum atomic E-state index is 11.5. The Kier molecular flexibility index (Phi) is 2.63. The number of thioether (sulfide) groups is 1. The molecule has 4 heteroatoms. The molecule has 0 aromatic carbocycles. The molecular formula is C10H14N2OS. The minimum atomic E-state index is 0.155. The molecule has 76 valence electrons. The summed E-state index contributed by atoms with van der Waals surface area (Å²) in [6, 6.07) is 0. The highest BCUT2D eigenvalue weighted by atomic mass is 32.2. The number of Topliss-reactive ketones (excluding diaryl/α,β-unsaturated/α-hetero) is 1. The summed E-state index contributed by atoms with van der Waals surface area (Å²) in [5.41, 5.74) is 0.857. The number of carbonyl (C=O) groups is 1. The number of rotatable bonds is 1. The van der Waals surface area contributed by atoms with Gasteiger partial charge in [0.1, 0.15) is 0 Å². The molecule has 0 saturated heterocycles. The number of amidine groups is 1. The molecule has 0 aromatic heterocycles. The summed E-state index contributed by atoms with van der Waals surface area (Å²) in [6.45, 7) is 5.47. The van der Waals surface area contributed by atoms with E-state index in [1.54, 1.807) is 18.7 Å². The van der Waals surface area contributed by atoms with Crippen LogP contribution in [0.25, 0.3) is 0 Å². The molecule has 2 rings (SSSR count). The predicted molar refractivity (Wildman–Crippen MR) is 59.2 cm³/mol. The molecule has 0 unspecified atom stereocenters. The van der Waals surface area contributed by atoms with Gasteiger partial charge in [0.15, 0.2) is 11.0 Å². The molecular weight excluding hydrogens is 196 g/mol. The first-order chi connectivity index (χ1) is 6.70. The van der Waals surface area contributed by atoms with Gasteiger partial charge in [-0.2, -0.15) is 0 Å². The van der Waals surface area contributed by atoms with Crippen molar-refractivity contribution in [2.24, 2.45) is 4.99 Å². The zero-order valence-electron chi connectivity index (χ0n) is 8.54. The average Bonchev–Trinajstić information content (AvgIpc) is 2.31. The minimum Gasteiger partial charge on any atom is -0.317 e. The molecule has 3 nitrogen and oxygen atoms in total. The first-order valence-corrected chi connectivity index (χ1v) is 5.73. The molecule has 0 radical (unpaired) electrons. The highest BCUT2D eigenvalue weighted by Gasteiger charge is 2.30. The van der Waals surface area contributed by atoms with E-state index in [-0.39, 0.29) is 5.78 Å². The van der Waals surface area contributed by atoms with Gasteiger partial charge in [-0.3, -0.25) is 9.79 Å². The molecule has 0 bridgehead atoms.